The van der Waals surface area contributed by atoms with Crippen LogP contribution in [0.1, 0.15) is 30.1 Å². The summed E-state index contributed by atoms with van der Waals surface area (Å²) in [6.07, 6.45) is -5.37. The number of carbonyl (C=O) groups is 1. The van der Waals surface area contributed by atoms with Gasteiger partial charge >= 0.3 is 11.9 Å². The van der Waals surface area contributed by atoms with Crippen LogP contribution in [0.3, 0.4) is 0 Å². The van der Waals surface area contributed by atoms with Crippen LogP contribution in [-0.4, -0.2) is 16.5 Å². The van der Waals surface area contributed by atoms with Gasteiger partial charge in [-0.2, -0.15) is 13.2 Å². The van der Waals surface area contributed by atoms with Crippen LogP contribution in [-0.2, 0) is 6.54 Å². The van der Waals surface area contributed by atoms with Gasteiger partial charge in [0, 0.05) is 12.1 Å². The fourth-order valence-corrected chi connectivity index (χ4v) is 1.96. The molecule has 108 valence electrons. The van der Waals surface area contributed by atoms with Crippen molar-refractivity contribution in [2.45, 2.75) is 32.5 Å². The van der Waals surface area contributed by atoms with Gasteiger partial charge in [0.05, 0.1) is 5.52 Å². The Bertz CT molecular complexity index is 697. The van der Waals surface area contributed by atoms with Gasteiger partial charge in [0.1, 0.15) is 6.42 Å². The molecule has 2 rings (SSSR count). The van der Waals surface area contributed by atoms with Gasteiger partial charge in [-0.1, -0.05) is 6.92 Å². The molecule has 0 amide bonds. The molecular formula is C13H12F3NO3. The summed E-state index contributed by atoms with van der Waals surface area (Å²) in [5.41, 5.74) is 0.476. The Morgan fingerprint density at radius 3 is 2.65 bits per heavy atom. The number of hydrogen-bond acceptors (Lipinski definition) is 3. The molecule has 0 aliphatic carbocycles. The van der Waals surface area contributed by atoms with E-state index in [0.29, 0.717) is 18.5 Å². The highest BCUT2D eigenvalue weighted by Gasteiger charge is 2.31. The smallest absolute Gasteiger partial charge is 0.408 e. The lowest BCUT2D eigenvalue weighted by atomic mass is 10.1. The summed E-state index contributed by atoms with van der Waals surface area (Å²) in [4.78, 5) is 23.0. The van der Waals surface area contributed by atoms with Crippen molar-refractivity contribution in [2.75, 3.05) is 0 Å². The zero-order valence-corrected chi connectivity index (χ0v) is 10.7. The zero-order chi connectivity index (χ0) is 14.9. The minimum atomic E-state index is -4.55. The zero-order valence-electron chi connectivity index (χ0n) is 10.7. The van der Waals surface area contributed by atoms with Crippen molar-refractivity contribution in [3.05, 3.63) is 34.3 Å². The van der Waals surface area contributed by atoms with Crippen molar-refractivity contribution in [1.29, 1.82) is 0 Å². The predicted molar refractivity (Wildman–Crippen MR) is 65.8 cm³/mol. The van der Waals surface area contributed by atoms with Crippen molar-refractivity contribution in [3.8, 4) is 0 Å². The number of ketones is 1. The van der Waals surface area contributed by atoms with Crippen LogP contribution >= 0.6 is 0 Å². The lowest BCUT2D eigenvalue weighted by molar-refractivity contribution is -0.125. The topological polar surface area (TPSA) is 52.2 Å². The molecule has 1 heterocycles. The molecule has 1 aromatic heterocycles. The van der Waals surface area contributed by atoms with Crippen molar-refractivity contribution in [2.24, 2.45) is 0 Å². The van der Waals surface area contributed by atoms with E-state index in [1.54, 1.807) is 0 Å². The molecule has 0 unspecified atom stereocenters. The third-order valence-electron chi connectivity index (χ3n) is 2.80. The average molecular weight is 287 g/mol. The highest BCUT2D eigenvalue weighted by atomic mass is 19.4. The number of aryl methyl sites for hydroxylation is 1. The number of rotatable bonds is 4. The second-order valence-corrected chi connectivity index (χ2v) is 4.42. The number of aromatic nitrogens is 1. The first-order valence-electron chi connectivity index (χ1n) is 6.05. The van der Waals surface area contributed by atoms with Crippen LogP contribution in [0.25, 0.3) is 11.1 Å². The molecule has 0 aliphatic heterocycles. The van der Waals surface area contributed by atoms with E-state index in [4.69, 9.17) is 4.42 Å². The third kappa shape index (κ3) is 2.92. The second kappa shape index (κ2) is 5.15. The number of fused-ring (bicyclic) bond motifs is 1. The van der Waals surface area contributed by atoms with E-state index in [9.17, 15) is 22.8 Å². The maximum atomic E-state index is 12.2. The van der Waals surface area contributed by atoms with Gasteiger partial charge in [-0.3, -0.25) is 9.36 Å². The van der Waals surface area contributed by atoms with Crippen molar-refractivity contribution in [1.82, 2.24) is 4.57 Å². The van der Waals surface area contributed by atoms with E-state index in [1.165, 1.54) is 22.8 Å². The first-order chi connectivity index (χ1) is 9.31. The highest BCUT2D eigenvalue weighted by molar-refractivity contribution is 5.98. The molecule has 0 bridgehead atoms. The maximum Gasteiger partial charge on any atom is 0.419 e. The van der Waals surface area contributed by atoms with Crippen molar-refractivity contribution in [3.63, 3.8) is 0 Å². The number of oxazole rings is 1. The molecule has 0 atom stereocenters. The molecule has 0 saturated carbocycles. The molecule has 0 radical (unpaired) electrons. The molecule has 0 N–H and O–H groups in total. The summed E-state index contributed by atoms with van der Waals surface area (Å²) in [5.74, 6) is -1.63. The summed E-state index contributed by atoms with van der Waals surface area (Å²) in [6.45, 7) is 2.33. The lowest BCUT2D eigenvalue weighted by Gasteiger charge is -2.05. The predicted octanol–water partition coefficient (Wildman–Crippen LogP) is 3.14. The van der Waals surface area contributed by atoms with Crippen LogP contribution < -0.4 is 5.76 Å². The second-order valence-electron chi connectivity index (χ2n) is 4.42. The van der Waals surface area contributed by atoms with Gasteiger partial charge in [-0.15, -0.1) is 0 Å². The SMILES string of the molecule is CCCn1c(=O)oc2cc(C(=O)CC(F)(F)F)ccc21. The van der Waals surface area contributed by atoms with E-state index >= 15 is 0 Å². The Kier molecular flexibility index (Phi) is 3.69. The average Bonchev–Trinajstić information content (AvgIpc) is 2.63. The van der Waals surface area contributed by atoms with Gasteiger partial charge in [-0.05, 0) is 24.6 Å². The summed E-state index contributed by atoms with van der Waals surface area (Å²) in [7, 11) is 0. The Morgan fingerprint density at radius 2 is 2.05 bits per heavy atom. The van der Waals surface area contributed by atoms with E-state index < -0.39 is 24.1 Å². The number of carbonyl (C=O) groups excluding carboxylic acids is 1. The van der Waals surface area contributed by atoms with Crippen LogP contribution in [0.2, 0.25) is 0 Å². The van der Waals surface area contributed by atoms with Crippen LogP contribution in [0, 0.1) is 0 Å². The quantitative estimate of drug-likeness (QED) is 0.812. The molecule has 0 aliphatic rings. The molecule has 0 fully saturated rings. The van der Waals surface area contributed by atoms with E-state index in [-0.39, 0.29) is 11.1 Å². The molecule has 2 aromatic rings. The summed E-state index contributed by atoms with van der Waals surface area (Å²) >= 11 is 0. The number of nitrogens with zero attached hydrogens (tertiary/aromatic N) is 1. The Hall–Kier alpha value is -2.05. The molecule has 0 saturated heterocycles. The lowest BCUT2D eigenvalue weighted by Crippen LogP contribution is -2.15. The van der Waals surface area contributed by atoms with Gasteiger partial charge in [0.15, 0.2) is 11.4 Å². The van der Waals surface area contributed by atoms with E-state index in [1.807, 2.05) is 6.92 Å². The fourth-order valence-electron chi connectivity index (χ4n) is 1.96. The summed E-state index contributed by atoms with van der Waals surface area (Å²) < 4.78 is 42.9. The number of Topliss-reactive ketones (excluding diaryl/α,β-unsaturated/α-hetero) is 1. The molecular weight excluding hydrogens is 275 g/mol. The minimum absolute atomic E-state index is 0.118. The molecule has 4 nitrogen and oxygen atoms in total. The van der Waals surface area contributed by atoms with Crippen molar-refractivity contribution < 1.29 is 22.4 Å². The Morgan fingerprint density at radius 1 is 1.35 bits per heavy atom. The number of benzene rings is 1. The fraction of sp³-hybridized carbons (Fsp3) is 0.385. The first-order valence-corrected chi connectivity index (χ1v) is 6.05. The normalized spacial score (nSPS) is 12.0. The maximum absolute atomic E-state index is 12.2. The van der Waals surface area contributed by atoms with Crippen LogP contribution in [0.15, 0.2) is 27.4 Å². The van der Waals surface area contributed by atoms with Gasteiger partial charge < -0.3 is 4.42 Å². The molecule has 0 spiro atoms. The van der Waals surface area contributed by atoms with Gasteiger partial charge in [0.25, 0.3) is 0 Å². The monoisotopic (exact) mass is 287 g/mol. The van der Waals surface area contributed by atoms with Gasteiger partial charge in [-0.25, -0.2) is 4.79 Å². The molecule has 7 heteroatoms. The van der Waals surface area contributed by atoms with Gasteiger partial charge in [0.2, 0.25) is 0 Å². The summed E-state index contributed by atoms with van der Waals surface area (Å²) in [6, 6.07) is 3.88. The van der Waals surface area contributed by atoms with Crippen molar-refractivity contribution >= 4 is 16.9 Å². The Labute approximate surface area is 111 Å². The highest BCUT2D eigenvalue weighted by Crippen LogP contribution is 2.23. The molecule has 1 aromatic carbocycles. The largest absolute Gasteiger partial charge is 0.419 e. The first kappa shape index (κ1) is 14.4. The Balaban J connectivity index is 2.40. The minimum Gasteiger partial charge on any atom is -0.408 e. The standard InChI is InChI=1S/C13H12F3NO3/c1-2-5-17-9-4-3-8(6-11(9)20-12(17)19)10(18)7-13(14,15)16/h3-4,6H,2,5,7H2,1H3. The third-order valence-corrected chi connectivity index (χ3v) is 2.80. The number of alkyl halides is 3. The van der Waals surface area contributed by atoms with E-state index in [0.717, 1.165) is 0 Å². The van der Waals surface area contributed by atoms with Crippen LogP contribution in [0.4, 0.5) is 13.2 Å². The number of halogens is 3. The molecule has 20 heavy (non-hydrogen) atoms. The van der Waals surface area contributed by atoms with Crippen LogP contribution in [0.5, 0.6) is 0 Å². The van der Waals surface area contributed by atoms with E-state index in [2.05, 4.69) is 0 Å². The number of hydrogen-bond donors (Lipinski definition) is 0. The summed E-state index contributed by atoms with van der Waals surface area (Å²) in [5, 5.41) is 0.